The van der Waals surface area contributed by atoms with Crippen molar-refractivity contribution in [3.8, 4) is 0 Å². The van der Waals surface area contributed by atoms with Gasteiger partial charge < -0.3 is 10.4 Å². The molecule has 0 aliphatic heterocycles. The Bertz CT molecular complexity index is 329. The summed E-state index contributed by atoms with van der Waals surface area (Å²) >= 11 is 0. The summed E-state index contributed by atoms with van der Waals surface area (Å²) in [6.45, 7) is 7.22. The minimum atomic E-state index is -0.220. The Balaban J connectivity index is 2.45. The van der Waals surface area contributed by atoms with Crippen LogP contribution in [0.15, 0.2) is 24.3 Å². The van der Waals surface area contributed by atoms with Crippen LogP contribution in [-0.2, 0) is 6.54 Å². The summed E-state index contributed by atoms with van der Waals surface area (Å²) in [6.07, 6.45) is 0.907. The second-order valence-corrected chi connectivity index (χ2v) is 5.65. The van der Waals surface area contributed by atoms with Crippen LogP contribution >= 0.6 is 0 Å². The zero-order valence-corrected chi connectivity index (χ0v) is 10.8. The molecule has 1 rings (SSSR count). The molecule has 0 saturated carbocycles. The van der Waals surface area contributed by atoms with Gasteiger partial charge in [0, 0.05) is 12.6 Å². The van der Waals surface area contributed by atoms with Crippen LogP contribution in [0.5, 0.6) is 0 Å². The van der Waals surface area contributed by atoms with Crippen molar-refractivity contribution in [2.75, 3.05) is 6.61 Å². The molecule has 1 atom stereocenters. The average molecular weight is 239 g/mol. The van der Waals surface area contributed by atoms with Crippen LogP contribution in [0.1, 0.15) is 32.8 Å². The van der Waals surface area contributed by atoms with Crippen LogP contribution < -0.4 is 5.32 Å². The second-order valence-electron chi connectivity index (χ2n) is 5.65. The van der Waals surface area contributed by atoms with Gasteiger partial charge in [-0.25, -0.2) is 4.39 Å². The average Bonchev–Trinajstić information content (AvgIpc) is 2.25. The smallest absolute Gasteiger partial charge is 0.123 e. The standard InChI is InChI=1S/C14H22FNO/c1-14(2,3)8-13(10-17)16-9-11-4-6-12(15)7-5-11/h4-7,13,16-17H,8-10H2,1-3H3. The molecule has 96 valence electrons. The topological polar surface area (TPSA) is 32.3 Å². The summed E-state index contributed by atoms with van der Waals surface area (Å²) in [7, 11) is 0. The molecule has 0 saturated heterocycles. The molecule has 1 unspecified atom stereocenters. The maximum Gasteiger partial charge on any atom is 0.123 e. The van der Waals surface area contributed by atoms with Gasteiger partial charge in [0.2, 0.25) is 0 Å². The quantitative estimate of drug-likeness (QED) is 0.828. The first-order valence-corrected chi connectivity index (χ1v) is 5.99. The fraction of sp³-hybridized carbons (Fsp3) is 0.571. The molecule has 0 fully saturated rings. The first kappa shape index (κ1) is 14.1. The van der Waals surface area contributed by atoms with Crippen LogP contribution in [0, 0.1) is 11.2 Å². The molecule has 2 nitrogen and oxygen atoms in total. The number of hydrogen-bond acceptors (Lipinski definition) is 2. The molecule has 0 amide bonds. The third-order valence-electron chi connectivity index (χ3n) is 2.59. The first-order chi connectivity index (χ1) is 7.90. The predicted molar refractivity (Wildman–Crippen MR) is 68.2 cm³/mol. The largest absolute Gasteiger partial charge is 0.395 e. The normalized spacial score (nSPS) is 13.7. The Hall–Kier alpha value is -0.930. The fourth-order valence-electron chi connectivity index (χ4n) is 1.80. The number of nitrogens with one attached hydrogen (secondary N) is 1. The highest BCUT2D eigenvalue weighted by atomic mass is 19.1. The van der Waals surface area contributed by atoms with E-state index < -0.39 is 0 Å². The van der Waals surface area contributed by atoms with Gasteiger partial charge in [-0.3, -0.25) is 0 Å². The number of hydrogen-bond donors (Lipinski definition) is 2. The van der Waals surface area contributed by atoms with Gasteiger partial charge in [-0.1, -0.05) is 32.9 Å². The SMILES string of the molecule is CC(C)(C)CC(CO)NCc1ccc(F)cc1. The molecule has 0 radical (unpaired) electrons. The van der Waals surface area contributed by atoms with E-state index in [4.69, 9.17) is 0 Å². The minimum absolute atomic E-state index is 0.0834. The molecule has 1 aromatic rings. The molecule has 0 aromatic heterocycles. The van der Waals surface area contributed by atoms with Gasteiger partial charge in [0.15, 0.2) is 0 Å². The zero-order valence-electron chi connectivity index (χ0n) is 10.8. The second kappa shape index (κ2) is 6.12. The van der Waals surface area contributed by atoms with Crippen molar-refractivity contribution in [1.82, 2.24) is 5.32 Å². The van der Waals surface area contributed by atoms with E-state index in [-0.39, 0.29) is 23.9 Å². The molecule has 0 spiro atoms. The molecule has 2 N–H and O–H groups in total. The first-order valence-electron chi connectivity index (χ1n) is 5.99. The number of aliphatic hydroxyl groups excluding tert-OH is 1. The lowest BCUT2D eigenvalue weighted by Gasteiger charge is -2.25. The van der Waals surface area contributed by atoms with Crippen molar-refractivity contribution in [3.05, 3.63) is 35.6 Å². The van der Waals surface area contributed by atoms with Crippen molar-refractivity contribution < 1.29 is 9.50 Å². The van der Waals surface area contributed by atoms with Crippen LogP contribution in [0.3, 0.4) is 0 Å². The molecule has 0 bridgehead atoms. The number of aliphatic hydroxyl groups is 1. The molecule has 3 heteroatoms. The Morgan fingerprint density at radius 1 is 1.24 bits per heavy atom. The van der Waals surface area contributed by atoms with Crippen LogP contribution in [0.25, 0.3) is 0 Å². The summed E-state index contributed by atoms with van der Waals surface area (Å²) in [5.41, 5.74) is 1.21. The maximum atomic E-state index is 12.7. The van der Waals surface area contributed by atoms with Crippen molar-refractivity contribution in [3.63, 3.8) is 0 Å². The third-order valence-corrected chi connectivity index (χ3v) is 2.59. The van der Waals surface area contributed by atoms with E-state index in [0.29, 0.717) is 6.54 Å². The van der Waals surface area contributed by atoms with Gasteiger partial charge >= 0.3 is 0 Å². The van der Waals surface area contributed by atoms with Crippen molar-refractivity contribution in [1.29, 1.82) is 0 Å². The third kappa shape index (κ3) is 5.80. The van der Waals surface area contributed by atoms with Crippen LogP contribution in [-0.4, -0.2) is 17.8 Å². The lowest BCUT2D eigenvalue weighted by molar-refractivity contribution is 0.198. The lowest BCUT2D eigenvalue weighted by atomic mass is 9.88. The van der Waals surface area contributed by atoms with E-state index in [9.17, 15) is 9.50 Å². The van der Waals surface area contributed by atoms with E-state index in [2.05, 4.69) is 26.1 Å². The highest BCUT2D eigenvalue weighted by Crippen LogP contribution is 2.20. The van der Waals surface area contributed by atoms with Crippen LogP contribution in [0.2, 0.25) is 0 Å². The molecule has 0 aliphatic carbocycles. The molecular formula is C14H22FNO. The molecule has 0 heterocycles. The summed E-state index contributed by atoms with van der Waals surface area (Å²) in [6, 6.07) is 6.51. The van der Waals surface area contributed by atoms with Gasteiger partial charge in [-0.2, -0.15) is 0 Å². The van der Waals surface area contributed by atoms with E-state index in [1.165, 1.54) is 12.1 Å². The van der Waals surface area contributed by atoms with E-state index in [1.54, 1.807) is 12.1 Å². The Labute approximate surface area is 103 Å². The summed E-state index contributed by atoms with van der Waals surface area (Å²) in [5, 5.41) is 12.6. The van der Waals surface area contributed by atoms with Gasteiger partial charge in [0.1, 0.15) is 5.82 Å². The predicted octanol–water partition coefficient (Wildman–Crippen LogP) is 2.71. The van der Waals surface area contributed by atoms with Crippen molar-refractivity contribution in [2.45, 2.75) is 39.8 Å². The molecule has 0 aliphatic rings. The van der Waals surface area contributed by atoms with E-state index >= 15 is 0 Å². The Morgan fingerprint density at radius 2 is 1.82 bits per heavy atom. The molecule has 17 heavy (non-hydrogen) atoms. The van der Waals surface area contributed by atoms with Crippen LogP contribution in [0.4, 0.5) is 4.39 Å². The van der Waals surface area contributed by atoms with Gasteiger partial charge in [-0.05, 0) is 29.5 Å². The van der Waals surface area contributed by atoms with E-state index in [1.807, 2.05) is 0 Å². The zero-order chi connectivity index (χ0) is 12.9. The monoisotopic (exact) mass is 239 g/mol. The number of rotatable bonds is 5. The summed E-state index contributed by atoms with van der Waals surface area (Å²) < 4.78 is 12.7. The maximum absolute atomic E-state index is 12.7. The highest BCUT2D eigenvalue weighted by Gasteiger charge is 2.17. The number of benzene rings is 1. The fourth-order valence-corrected chi connectivity index (χ4v) is 1.80. The Kier molecular flexibility index (Phi) is 5.09. The number of halogens is 1. The Morgan fingerprint density at radius 3 is 2.29 bits per heavy atom. The molecular weight excluding hydrogens is 217 g/mol. The summed E-state index contributed by atoms with van der Waals surface area (Å²) in [4.78, 5) is 0. The lowest BCUT2D eigenvalue weighted by Crippen LogP contribution is -2.35. The van der Waals surface area contributed by atoms with E-state index in [0.717, 1.165) is 12.0 Å². The molecule has 1 aromatic carbocycles. The minimum Gasteiger partial charge on any atom is -0.395 e. The van der Waals surface area contributed by atoms with Crippen molar-refractivity contribution >= 4 is 0 Å². The highest BCUT2D eigenvalue weighted by molar-refractivity contribution is 5.15. The van der Waals surface area contributed by atoms with Gasteiger partial charge in [-0.15, -0.1) is 0 Å². The van der Waals surface area contributed by atoms with Crippen molar-refractivity contribution in [2.24, 2.45) is 5.41 Å². The summed E-state index contributed by atoms with van der Waals surface area (Å²) in [5.74, 6) is -0.220. The van der Waals surface area contributed by atoms with Gasteiger partial charge in [0.25, 0.3) is 0 Å². The van der Waals surface area contributed by atoms with Gasteiger partial charge in [0.05, 0.1) is 6.61 Å².